The highest BCUT2D eigenvalue weighted by atomic mass is 16.5. The topological polar surface area (TPSA) is 105 Å². The molecule has 3 aromatic rings. The summed E-state index contributed by atoms with van der Waals surface area (Å²) in [5.74, 6) is 0.366. The van der Waals surface area contributed by atoms with Crippen molar-refractivity contribution < 1.29 is 19.4 Å². The van der Waals surface area contributed by atoms with Crippen molar-refractivity contribution >= 4 is 23.4 Å². The van der Waals surface area contributed by atoms with Gasteiger partial charge in [0.05, 0.1) is 5.69 Å². The predicted molar refractivity (Wildman–Crippen MR) is 102 cm³/mol. The molecular weight excluding hydrogens is 360 g/mol. The molecule has 2 heterocycles. The van der Waals surface area contributed by atoms with Crippen LogP contribution >= 0.6 is 0 Å². The van der Waals surface area contributed by atoms with Crippen LogP contribution in [0.3, 0.4) is 0 Å². The number of nitrogens with one attached hydrogen (secondary N) is 1. The van der Waals surface area contributed by atoms with E-state index in [9.17, 15) is 14.7 Å². The van der Waals surface area contributed by atoms with Gasteiger partial charge in [0.2, 0.25) is 5.88 Å². The summed E-state index contributed by atoms with van der Waals surface area (Å²) in [6.07, 6.45) is 0.902. The highest BCUT2D eigenvalue weighted by Gasteiger charge is 2.24. The van der Waals surface area contributed by atoms with Crippen LogP contribution in [0.5, 0.6) is 11.6 Å². The van der Waals surface area contributed by atoms with E-state index in [0.717, 1.165) is 5.56 Å². The Balaban J connectivity index is 1.50. The van der Waals surface area contributed by atoms with Crippen LogP contribution in [0, 0.1) is 0 Å². The van der Waals surface area contributed by atoms with Crippen LogP contribution in [0.25, 0.3) is 0 Å². The van der Waals surface area contributed by atoms with Crippen LogP contribution in [0.2, 0.25) is 0 Å². The van der Waals surface area contributed by atoms with E-state index in [-0.39, 0.29) is 17.5 Å². The zero-order valence-electron chi connectivity index (χ0n) is 14.7. The first-order valence-corrected chi connectivity index (χ1v) is 8.60. The van der Waals surface area contributed by atoms with Crippen molar-refractivity contribution in [1.82, 2.24) is 9.97 Å². The van der Waals surface area contributed by atoms with Gasteiger partial charge in [-0.3, -0.25) is 9.69 Å². The van der Waals surface area contributed by atoms with Gasteiger partial charge >= 0.3 is 6.09 Å². The van der Waals surface area contributed by atoms with Crippen molar-refractivity contribution in [2.45, 2.75) is 6.42 Å². The number of ether oxygens (including phenoxy) is 1. The van der Waals surface area contributed by atoms with Gasteiger partial charge in [0, 0.05) is 18.3 Å². The lowest BCUT2D eigenvalue weighted by atomic mass is 10.1. The number of hydrogen-bond acceptors (Lipinski definition) is 5. The van der Waals surface area contributed by atoms with Crippen molar-refractivity contribution in [3.63, 3.8) is 0 Å². The molecule has 1 aliphatic rings. The van der Waals surface area contributed by atoms with Gasteiger partial charge in [0.1, 0.15) is 17.8 Å². The van der Waals surface area contributed by atoms with Crippen LogP contribution in [-0.2, 0) is 6.42 Å². The van der Waals surface area contributed by atoms with Gasteiger partial charge in [-0.25, -0.2) is 14.8 Å². The third-order valence-corrected chi connectivity index (χ3v) is 4.31. The second kappa shape index (κ2) is 7.36. The fourth-order valence-corrected chi connectivity index (χ4v) is 3.00. The molecule has 140 valence electrons. The minimum absolute atomic E-state index is 0.173. The zero-order chi connectivity index (χ0) is 19.5. The number of carbonyl (C=O) groups excluding carboxylic acids is 1. The minimum atomic E-state index is -0.975. The number of carboxylic acid groups (broad SMARTS) is 1. The summed E-state index contributed by atoms with van der Waals surface area (Å²) in [5, 5.41) is 11.9. The quantitative estimate of drug-likeness (QED) is 0.721. The zero-order valence-corrected chi connectivity index (χ0v) is 14.7. The monoisotopic (exact) mass is 376 g/mol. The van der Waals surface area contributed by atoms with E-state index < -0.39 is 6.09 Å². The average Bonchev–Trinajstić information content (AvgIpc) is 3.12. The molecule has 1 aliphatic heterocycles. The molecule has 2 N–H and O–H groups in total. The maximum atomic E-state index is 12.4. The number of hydrogen-bond donors (Lipinski definition) is 2. The number of nitrogens with zero attached hydrogens (tertiary/aromatic N) is 3. The SMILES string of the molecule is O=C(Nc1ccccc1)c1cc(Oc2ccc3c(c2)CCN3C(=O)O)ncn1. The lowest BCUT2D eigenvalue weighted by Crippen LogP contribution is -2.26. The summed E-state index contributed by atoms with van der Waals surface area (Å²) in [6, 6.07) is 15.7. The number of benzene rings is 2. The lowest BCUT2D eigenvalue weighted by Gasteiger charge is -2.13. The Morgan fingerprint density at radius 2 is 1.89 bits per heavy atom. The van der Waals surface area contributed by atoms with Gasteiger partial charge < -0.3 is 15.2 Å². The molecule has 1 aromatic heterocycles. The number of fused-ring (bicyclic) bond motifs is 1. The molecule has 0 saturated heterocycles. The fourth-order valence-electron chi connectivity index (χ4n) is 3.00. The number of rotatable bonds is 4. The van der Waals surface area contributed by atoms with Crippen molar-refractivity contribution in [1.29, 1.82) is 0 Å². The Bertz CT molecular complexity index is 1040. The molecule has 0 saturated carbocycles. The molecule has 0 aliphatic carbocycles. The lowest BCUT2D eigenvalue weighted by molar-refractivity contribution is 0.102. The van der Waals surface area contributed by atoms with Crippen LogP contribution in [-0.4, -0.2) is 33.6 Å². The van der Waals surface area contributed by atoms with E-state index in [1.54, 1.807) is 30.3 Å². The van der Waals surface area contributed by atoms with Gasteiger partial charge in [0.15, 0.2) is 0 Å². The molecule has 2 amide bonds. The van der Waals surface area contributed by atoms with Crippen molar-refractivity contribution in [2.24, 2.45) is 0 Å². The summed E-state index contributed by atoms with van der Waals surface area (Å²) in [5.41, 5.74) is 2.38. The molecule has 0 unspecified atom stereocenters. The highest BCUT2D eigenvalue weighted by molar-refractivity contribution is 6.02. The van der Waals surface area contributed by atoms with Gasteiger partial charge in [-0.1, -0.05) is 18.2 Å². The third kappa shape index (κ3) is 3.61. The first-order chi connectivity index (χ1) is 13.6. The summed E-state index contributed by atoms with van der Waals surface area (Å²) in [7, 11) is 0. The van der Waals surface area contributed by atoms with Gasteiger partial charge in [-0.15, -0.1) is 0 Å². The van der Waals surface area contributed by atoms with Crippen LogP contribution in [0.15, 0.2) is 60.9 Å². The van der Waals surface area contributed by atoms with Crippen molar-refractivity contribution in [2.75, 3.05) is 16.8 Å². The standard InChI is InChI=1S/C20H16N4O4/c25-19(23-14-4-2-1-3-5-14)16-11-18(22-12-21-16)28-15-6-7-17-13(10-15)8-9-24(17)20(26)27/h1-7,10-12H,8-9H2,(H,23,25)(H,26,27). The smallest absolute Gasteiger partial charge is 0.411 e. The Labute approximate surface area is 160 Å². The van der Waals surface area contributed by atoms with E-state index >= 15 is 0 Å². The number of amides is 2. The molecule has 28 heavy (non-hydrogen) atoms. The first kappa shape index (κ1) is 17.5. The van der Waals surface area contributed by atoms with E-state index in [0.29, 0.717) is 30.1 Å². The van der Waals surface area contributed by atoms with Crippen molar-refractivity contribution in [3.05, 3.63) is 72.2 Å². The summed E-state index contributed by atoms with van der Waals surface area (Å²) in [4.78, 5) is 32.9. The van der Waals surface area contributed by atoms with E-state index in [4.69, 9.17) is 4.74 Å². The Kier molecular flexibility index (Phi) is 4.59. The second-order valence-corrected chi connectivity index (χ2v) is 6.14. The number of aromatic nitrogens is 2. The Morgan fingerprint density at radius 1 is 1.07 bits per heavy atom. The van der Waals surface area contributed by atoms with E-state index in [1.165, 1.54) is 17.3 Å². The molecule has 8 nitrogen and oxygen atoms in total. The predicted octanol–water partition coefficient (Wildman–Crippen LogP) is 3.56. The molecule has 0 radical (unpaired) electrons. The van der Waals surface area contributed by atoms with Gasteiger partial charge in [-0.05, 0) is 42.3 Å². The molecular formula is C20H16N4O4. The summed E-state index contributed by atoms with van der Waals surface area (Å²) in [6.45, 7) is 0.422. The van der Waals surface area contributed by atoms with Crippen LogP contribution in [0.4, 0.5) is 16.2 Å². The molecule has 2 aromatic carbocycles. The average molecular weight is 376 g/mol. The maximum absolute atomic E-state index is 12.4. The molecule has 0 bridgehead atoms. The molecule has 0 spiro atoms. The second-order valence-electron chi connectivity index (χ2n) is 6.14. The van der Waals surface area contributed by atoms with Gasteiger partial charge in [-0.2, -0.15) is 0 Å². The Hall–Kier alpha value is -3.94. The normalized spacial score (nSPS) is 12.4. The minimum Gasteiger partial charge on any atom is -0.465 e. The van der Waals surface area contributed by atoms with Crippen LogP contribution < -0.4 is 15.0 Å². The van der Waals surface area contributed by atoms with Crippen LogP contribution in [0.1, 0.15) is 16.1 Å². The summed E-state index contributed by atoms with van der Waals surface area (Å²) >= 11 is 0. The van der Waals surface area contributed by atoms with E-state index in [2.05, 4.69) is 15.3 Å². The molecule has 0 fully saturated rings. The summed E-state index contributed by atoms with van der Waals surface area (Å²) < 4.78 is 5.74. The first-order valence-electron chi connectivity index (χ1n) is 8.60. The molecule has 8 heteroatoms. The highest BCUT2D eigenvalue weighted by Crippen LogP contribution is 2.32. The molecule has 4 rings (SSSR count). The van der Waals surface area contributed by atoms with Gasteiger partial charge in [0.25, 0.3) is 5.91 Å². The number of carbonyl (C=O) groups is 2. The third-order valence-electron chi connectivity index (χ3n) is 4.31. The fraction of sp³-hybridized carbons (Fsp3) is 0.100. The Morgan fingerprint density at radius 3 is 2.68 bits per heavy atom. The maximum Gasteiger partial charge on any atom is 0.411 e. The molecule has 0 atom stereocenters. The largest absolute Gasteiger partial charge is 0.465 e. The van der Waals surface area contributed by atoms with Crippen molar-refractivity contribution in [3.8, 4) is 11.6 Å². The number of anilines is 2. The van der Waals surface area contributed by atoms with E-state index in [1.807, 2.05) is 18.2 Å². The number of para-hydroxylation sites is 1.